The van der Waals surface area contributed by atoms with E-state index < -0.39 is 0 Å². The highest BCUT2D eigenvalue weighted by Gasteiger charge is 2.26. The van der Waals surface area contributed by atoms with Gasteiger partial charge in [-0.2, -0.15) is 0 Å². The van der Waals surface area contributed by atoms with Crippen LogP contribution in [-0.2, 0) is 24.2 Å². The summed E-state index contributed by atoms with van der Waals surface area (Å²) in [6.45, 7) is 1.87. The van der Waals surface area contributed by atoms with Gasteiger partial charge in [0.2, 0.25) is 0 Å². The Kier molecular flexibility index (Phi) is 5.76. The van der Waals surface area contributed by atoms with Crippen LogP contribution < -0.4 is 0 Å². The minimum atomic E-state index is -0.108. The summed E-state index contributed by atoms with van der Waals surface area (Å²) >= 11 is 1.39. The molecule has 1 saturated carbocycles. The fourth-order valence-electron chi connectivity index (χ4n) is 3.43. The van der Waals surface area contributed by atoms with Gasteiger partial charge in [-0.1, -0.05) is 30.5 Å². The molecule has 1 fully saturated rings. The van der Waals surface area contributed by atoms with Crippen molar-refractivity contribution < 1.29 is 14.7 Å². The van der Waals surface area contributed by atoms with Crippen LogP contribution in [0.25, 0.3) is 0 Å². The fraction of sp³-hybridized carbons (Fsp3) is 0.450. The third kappa shape index (κ3) is 4.41. The van der Waals surface area contributed by atoms with E-state index in [-0.39, 0.29) is 36.9 Å². The molecule has 1 aliphatic rings. The molecule has 1 aromatic heterocycles. The number of aliphatic hydroxyl groups excluding tert-OH is 1. The van der Waals surface area contributed by atoms with Gasteiger partial charge in [0.25, 0.3) is 0 Å². The Hall–Kier alpha value is -1.85. The number of aliphatic hydroxyl groups is 1. The molecule has 0 atom stereocenters. The van der Waals surface area contributed by atoms with Crippen molar-refractivity contribution in [1.82, 2.24) is 4.98 Å². The maximum atomic E-state index is 12.9. The van der Waals surface area contributed by atoms with Gasteiger partial charge in [-0.05, 0) is 31.4 Å². The molecular formula is C20H23NO3S. The minimum absolute atomic E-state index is 0.0446. The predicted octanol–water partition coefficient (Wildman–Crippen LogP) is 3.67. The summed E-state index contributed by atoms with van der Waals surface area (Å²) in [6, 6.07) is 5.80. The second kappa shape index (κ2) is 8.02. The van der Waals surface area contributed by atoms with Crippen LogP contribution in [-0.4, -0.2) is 21.7 Å². The first kappa shape index (κ1) is 18.0. The summed E-state index contributed by atoms with van der Waals surface area (Å²) in [6.07, 6.45) is 4.66. The lowest BCUT2D eigenvalue weighted by Crippen LogP contribution is -2.16. The summed E-state index contributed by atoms with van der Waals surface area (Å²) in [5, 5.41) is 11.5. The molecule has 2 aromatic rings. The van der Waals surface area contributed by atoms with Gasteiger partial charge in [0.1, 0.15) is 10.8 Å². The molecule has 3 rings (SSSR count). The summed E-state index contributed by atoms with van der Waals surface area (Å²) in [7, 11) is 0. The first-order valence-corrected chi connectivity index (χ1v) is 9.64. The van der Waals surface area contributed by atoms with Gasteiger partial charge in [-0.3, -0.25) is 9.59 Å². The van der Waals surface area contributed by atoms with Crippen molar-refractivity contribution in [3.05, 3.63) is 51.0 Å². The van der Waals surface area contributed by atoms with E-state index in [0.29, 0.717) is 10.7 Å². The minimum Gasteiger partial charge on any atom is -0.390 e. The van der Waals surface area contributed by atoms with Crippen LogP contribution in [0.2, 0.25) is 0 Å². The summed E-state index contributed by atoms with van der Waals surface area (Å²) < 4.78 is 0. The van der Waals surface area contributed by atoms with E-state index >= 15 is 0 Å². The Morgan fingerprint density at radius 1 is 1.24 bits per heavy atom. The Balaban J connectivity index is 1.74. The molecule has 0 unspecified atom stereocenters. The predicted molar refractivity (Wildman–Crippen MR) is 97.9 cm³/mol. The molecule has 5 heteroatoms. The van der Waals surface area contributed by atoms with Crippen LogP contribution in [0.5, 0.6) is 0 Å². The largest absolute Gasteiger partial charge is 0.390 e. The molecule has 0 bridgehead atoms. The number of rotatable bonds is 7. The standard InChI is InChI=1S/C20H23NO3S/c1-13-6-7-15(18(8-13)20(24)14-4-2-3-5-14)9-17(23)10-19-21-16(11-22)12-25-19/h6-8,12,14,22H,2-5,9-11H2,1H3. The lowest BCUT2D eigenvalue weighted by molar-refractivity contribution is -0.117. The number of aryl methyl sites for hydroxylation is 1. The molecule has 132 valence electrons. The smallest absolute Gasteiger partial charge is 0.166 e. The van der Waals surface area contributed by atoms with Crippen LogP contribution in [0, 0.1) is 12.8 Å². The van der Waals surface area contributed by atoms with Gasteiger partial charge in [0, 0.05) is 23.3 Å². The van der Waals surface area contributed by atoms with Gasteiger partial charge in [0.05, 0.1) is 18.7 Å². The lowest BCUT2D eigenvalue weighted by atomic mass is 9.90. The summed E-state index contributed by atoms with van der Waals surface area (Å²) in [4.78, 5) is 29.5. The zero-order chi connectivity index (χ0) is 17.8. The molecule has 25 heavy (non-hydrogen) atoms. The number of Topliss-reactive ketones (excluding diaryl/α,β-unsaturated/α-hetero) is 2. The maximum Gasteiger partial charge on any atom is 0.166 e. The third-order valence-corrected chi connectivity index (χ3v) is 5.65. The zero-order valence-electron chi connectivity index (χ0n) is 14.5. The number of hydrogen-bond donors (Lipinski definition) is 1. The Morgan fingerprint density at radius 3 is 2.68 bits per heavy atom. The first-order chi connectivity index (χ1) is 12.1. The highest BCUT2D eigenvalue weighted by molar-refractivity contribution is 7.09. The molecule has 1 heterocycles. The van der Waals surface area contributed by atoms with Crippen molar-refractivity contribution in [3.63, 3.8) is 0 Å². The number of carbonyl (C=O) groups is 2. The number of aromatic nitrogens is 1. The Morgan fingerprint density at radius 2 is 2.00 bits per heavy atom. The summed E-state index contributed by atoms with van der Waals surface area (Å²) in [5.41, 5.74) is 3.19. The van der Waals surface area contributed by atoms with E-state index in [1.807, 2.05) is 25.1 Å². The third-order valence-electron chi connectivity index (χ3n) is 4.75. The number of thiazole rings is 1. The van der Waals surface area contributed by atoms with E-state index in [1.54, 1.807) is 5.38 Å². The second-order valence-corrected chi connectivity index (χ2v) is 7.73. The molecule has 0 amide bonds. The molecular weight excluding hydrogens is 334 g/mol. The van der Waals surface area contributed by atoms with Gasteiger partial charge < -0.3 is 5.11 Å². The molecule has 1 aromatic carbocycles. The van der Waals surface area contributed by atoms with Crippen LogP contribution in [0.3, 0.4) is 0 Å². The number of benzene rings is 1. The maximum absolute atomic E-state index is 12.9. The molecule has 0 aliphatic heterocycles. The monoisotopic (exact) mass is 357 g/mol. The topological polar surface area (TPSA) is 67.3 Å². The summed E-state index contributed by atoms with van der Waals surface area (Å²) in [5.74, 6) is 0.353. The molecule has 4 nitrogen and oxygen atoms in total. The molecule has 1 N–H and O–H groups in total. The zero-order valence-corrected chi connectivity index (χ0v) is 15.3. The highest BCUT2D eigenvalue weighted by Crippen LogP contribution is 2.29. The van der Waals surface area contributed by atoms with Crippen molar-refractivity contribution in [2.45, 2.75) is 52.1 Å². The van der Waals surface area contributed by atoms with Crippen molar-refractivity contribution in [3.8, 4) is 0 Å². The number of ketones is 2. The van der Waals surface area contributed by atoms with Gasteiger partial charge in [-0.15, -0.1) is 11.3 Å². The highest BCUT2D eigenvalue weighted by atomic mass is 32.1. The SMILES string of the molecule is Cc1ccc(CC(=O)Cc2nc(CO)cs2)c(C(=O)C2CCCC2)c1. The molecule has 0 radical (unpaired) electrons. The van der Waals surface area contributed by atoms with Crippen molar-refractivity contribution in [1.29, 1.82) is 0 Å². The molecule has 1 aliphatic carbocycles. The Bertz CT molecular complexity index is 775. The fourth-order valence-corrected chi connectivity index (χ4v) is 4.24. The van der Waals surface area contributed by atoms with Crippen molar-refractivity contribution >= 4 is 22.9 Å². The Labute approximate surface area is 151 Å². The van der Waals surface area contributed by atoms with E-state index in [4.69, 9.17) is 5.11 Å². The van der Waals surface area contributed by atoms with E-state index in [2.05, 4.69) is 4.98 Å². The van der Waals surface area contributed by atoms with Crippen LogP contribution in [0.1, 0.15) is 57.9 Å². The van der Waals surface area contributed by atoms with E-state index in [0.717, 1.165) is 42.4 Å². The average Bonchev–Trinajstić information content (AvgIpc) is 3.27. The van der Waals surface area contributed by atoms with Crippen molar-refractivity contribution in [2.75, 3.05) is 0 Å². The van der Waals surface area contributed by atoms with Crippen molar-refractivity contribution in [2.24, 2.45) is 5.92 Å². The average molecular weight is 357 g/mol. The number of carbonyl (C=O) groups excluding carboxylic acids is 2. The molecule has 0 saturated heterocycles. The lowest BCUT2D eigenvalue weighted by Gasteiger charge is -2.13. The van der Waals surface area contributed by atoms with Gasteiger partial charge in [0.15, 0.2) is 5.78 Å². The van der Waals surface area contributed by atoms with Crippen LogP contribution in [0.15, 0.2) is 23.6 Å². The normalized spacial score (nSPS) is 14.8. The van der Waals surface area contributed by atoms with Gasteiger partial charge in [-0.25, -0.2) is 4.98 Å². The first-order valence-electron chi connectivity index (χ1n) is 8.76. The number of nitrogens with zero attached hydrogens (tertiary/aromatic N) is 1. The van der Waals surface area contributed by atoms with Crippen LogP contribution in [0.4, 0.5) is 0 Å². The van der Waals surface area contributed by atoms with Gasteiger partial charge >= 0.3 is 0 Å². The van der Waals surface area contributed by atoms with E-state index in [1.165, 1.54) is 11.3 Å². The van der Waals surface area contributed by atoms with Crippen LogP contribution >= 0.6 is 11.3 Å². The quantitative estimate of drug-likeness (QED) is 0.768. The van der Waals surface area contributed by atoms with E-state index in [9.17, 15) is 9.59 Å². The molecule has 0 spiro atoms. The second-order valence-electron chi connectivity index (χ2n) is 6.79. The number of hydrogen-bond acceptors (Lipinski definition) is 5.